The normalized spacial score (nSPS) is 20.7. The quantitative estimate of drug-likeness (QED) is 0.742. The van der Waals surface area contributed by atoms with Crippen LogP contribution in [-0.2, 0) is 9.09 Å². The summed E-state index contributed by atoms with van der Waals surface area (Å²) in [5.41, 5.74) is 0.267. The Kier molecular flexibility index (Phi) is 3.96. The van der Waals surface area contributed by atoms with E-state index >= 15 is 0 Å². The summed E-state index contributed by atoms with van der Waals surface area (Å²) < 4.78 is 18.2. The summed E-state index contributed by atoms with van der Waals surface area (Å²) in [4.78, 5) is 2.26. The summed E-state index contributed by atoms with van der Waals surface area (Å²) in [5.74, 6) is 0. The van der Waals surface area contributed by atoms with E-state index in [4.69, 9.17) is 4.52 Å². The van der Waals surface area contributed by atoms with Crippen LogP contribution in [0.5, 0.6) is 0 Å². The SMILES string of the molecule is COP(=O)(CCC1(N(C)C)CC1)c1ccccc1. The summed E-state index contributed by atoms with van der Waals surface area (Å²) >= 11 is 0. The van der Waals surface area contributed by atoms with E-state index in [2.05, 4.69) is 19.0 Å². The molecule has 1 atom stereocenters. The first-order valence-corrected chi connectivity index (χ1v) is 8.21. The van der Waals surface area contributed by atoms with E-state index in [9.17, 15) is 4.57 Å². The van der Waals surface area contributed by atoms with Crippen molar-refractivity contribution < 1.29 is 9.09 Å². The molecule has 1 aromatic rings. The van der Waals surface area contributed by atoms with E-state index in [-0.39, 0.29) is 5.54 Å². The van der Waals surface area contributed by atoms with Crippen LogP contribution in [0.3, 0.4) is 0 Å². The van der Waals surface area contributed by atoms with Gasteiger partial charge in [-0.05, 0) is 45.5 Å². The maximum absolute atomic E-state index is 12.8. The lowest BCUT2D eigenvalue weighted by atomic mass is 10.2. The van der Waals surface area contributed by atoms with Gasteiger partial charge in [-0.3, -0.25) is 4.57 Å². The van der Waals surface area contributed by atoms with Crippen molar-refractivity contribution in [2.45, 2.75) is 24.8 Å². The van der Waals surface area contributed by atoms with Gasteiger partial charge in [-0.25, -0.2) is 0 Å². The summed E-state index contributed by atoms with van der Waals surface area (Å²) in [7, 11) is 3.09. The minimum absolute atomic E-state index is 0.267. The van der Waals surface area contributed by atoms with Crippen LogP contribution in [0.1, 0.15) is 19.3 Å². The number of benzene rings is 1. The number of hydrogen-bond donors (Lipinski definition) is 0. The molecule has 1 aliphatic carbocycles. The molecule has 1 saturated carbocycles. The number of nitrogens with zero attached hydrogens (tertiary/aromatic N) is 1. The molecule has 4 heteroatoms. The fraction of sp³-hybridized carbons (Fsp3) is 0.571. The van der Waals surface area contributed by atoms with Crippen LogP contribution >= 0.6 is 7.37 Å². The Hall–Kier alpha value is -0.630. The molecule has 100 valence electrons. The molecule has 1 unspecified atom stereocenters. The van der Waals surface area contributed by atoms with Gasteiger partial charge in [0.05, 0.1) is 0 Å². The first-order chi connectivity index (χ1) is 8.52. The Balaban J connectivity index is 2.08. The third kappa shape index (κ3) is 2.69. The maximum atomic E-state index is 12.8. The smallest absolute Gasteiger partial charge is 0.231 e. The highest BCUT2D eigenvalue weighted by Gasteiger charge is 2.45. The van der Waals surface area contributed by atoms with Crippen LogP contribution in [0, 0.1) is 0 Å². The van der Waals surface area contributed by atoms with Crippen LogP contribution in [0.25, 0.3) is 0 Å². The Morgan fingerprint density at radius 2 is 1.89 bits per heavy atom. The van der Waals surface area contributed by atoms with Crippen molar-refractivity contribution in [3.63, 3.8) is 0 Å². The second-order valence-corrected chi connectivity index (χ2v) is 7.96. The third-order valence-electron chi connectivity index (χ3n) is 4.09. The lowest BCUT2D eigenvalue weighted by Crippen LogP contribution is -2.31. The van der Waals surface area contributed by atoms with E-state index in [1.54, 1.807) is 7.11 Å². The first kappa shape index (κ1) is 13.8. The topological polar surface area (TPSA) is 29.5 Å². The molecule has 0 heterocycles. The molecule has 0 N–H and O–H groups in total. The molecule has 3 nitrogen and oxygen atoms in total. The highest BCUT2D eigenvalue weighted by atomic mass is 31.2. The van der Waals surface area contributed by atoms with E-state index in [1.165, 1.54) is 12.8 Å². The number of rotatable bonds is 6. The van der Waals surface area contributed by atoms with Gasteiger partial charge < -0.3 is 9.42 Å². The molecule has 0 saturated heterocycles. The molecule has 0 aliphatic heterocycles. The maximum Gasteiger partial charge on any atom is 0.231 e. The van der Waals surface area contributed by atoms with Gasteiger partial charge in [0.15, 0.2) is 0 Å². The van der Waals surface area contributed by atoms with Crippen LogP contribution < -0.4 is 5.30 Å². The fourth-order valence-corrected chi connectivity index (χ4v) is 4.39. The van der Waals surface area contributed by atoms with Crippen molar-refractivity contribution in [2.75, 3.05) is 27.4 Å². The summed E-state index contributed by atoms with van der Waals surface area (Å²) in [6.07, 6.45) is 3.99. The van der Waals surface area contributed by atoms with Gasteiger partial charge in [-0.1, -0.05) is 18.2 Å². The second kappa shape index (κ2) is 5.16. The number of hydrogen-bond acceptors (Lipinski definition) is 3. The van der Waals surface area contributed by atoms with Crippen molar-refractivity contribution in [3.05, 3.63) is 30.3 Å². The first-order valence-electron chi connectivity index (χ1n) is 6.40. The standard InChI is InChI=1S/C14H22NO2P/c1-15(2)14(9-10-14)11-12-18(16,17-3)13-7-5-4-6-8-13/h4-8H,9-12H2,1-3H3. The van der Waals surface area contributed by atoms with E-state index in [0.29, 0.717) is 6.16 Å². The fourth-order valence-electron chi connectivity index (χ4n) is 2.40. The molecule has 0 radical (unpaired) electrons. The largest absolute Gasteiger partial charge is 0.329 e. The van der Waals surface area contributed by atoms with Crippen LogP contribution in [-0.4, -0.2) is 37.8 Å². The average Bonchev–Trinajstić information content (AvgIpc) is 3.18. The molecule has 1 fully saturated rings. The zero-order valence-corrected chi connectivity index (χ0v) is 12.3. The lowest BCUT2D eigenvalue weighted by molar-refractivity contribution is 0.262. The molecule has 0 spiro atoms. The second-order valence-electron chi connectivity index (χ2n) is 5.28. The van der Waals surface area contributed by atoms with Gasteiger partial charge in [0, 0.05) is 24.1 Å². The minimum atomic E-state index is -2.68. The van der Waals surface area contributed by atoms with E-state index in [0.717, 1.165) is 11.7 Å². The van der Waals surface area contributed by atoms with Gasteiger partial charge in [-0.2, -0.15) is 0 Å². The Bertz CT molecular complexity index is 440. The molecule has 1 aromatic carbocycles. The molecule has 0 aromatic heterocycles. The van der Waals surface area contributed by atoms with Crippen molar-refractivity contribution >= 4 is 12.7 Å². The van der Waals surface area contributed by atoms with Crippen LogP contribution in [0.2, 0.25) is 0 Å². The van der Waals surface area contributed by atoms with Crippen molar-refractivity contribution in [1.29, 1.82) is 0 Å². The predicted octanol–water partition coefficient (Wildman–Crippen LogP) is 2.72. The zero-order valence-electron chi connectivity index (χ0n) is 11.4. The zero-order chi connectivity index (χ0) is 13.2. The van der Waals surface area contributed by atoms with Gasteiger partial charge in [-0.15, -0.1) is 0 Å². The molecule has 0 bridgehead atoms. The predicted molar refractivity (Wildman–Crippen MR) is 75.8 cm³/mol. The van der Waals surface area contributed by atoms with Crippen LogP contribution in [0.15, 0.2) is 30.3 Å². The third-order valence-corrected chi connectivity index (χ3v) is 6.58. The molecular formula is C14H22NO2P. The van der Waals surface area contributed by atoms with Crippen molar-refractivity contribution in [2.24, 2.45) is 0 Å². The highest BCUT2D eigenvalue weighted by molar-refractivity contribution is 7.66. The monoisotopic (exact) mass is 267 g/mol. The Labute approximate surface area is 110 Å². The molecule has 2 rings (SSSR count). The summed E-state index contributed by atoms with van der Waals surface area (Å²) in [6, 6.07) is 9.57. The van der Waals surface area contributed by atoms with Gasteiger partial charge in [0.1, 0.15) is 0 Å². The average molecular weight is 267 g/mol. The van der Waals surface area contributed by atoms with E-state index < -0.39 is 7.37 Å². The minimum Gasteiger partial charge on any atom is -0.329 e. The molecule has 1 aliphatic rings. The highest BCUT2D eigenvalue weighted by Crippen LogP contribution is 2.51. The molecular weight excluding hydrogens is 245 g/mol. The van der Waals surface area contributed by atoms with Gasteiger partial charge in [0.2, 0.25) is 7.37 Å². The lowest BCUT2D eigenvalue weighted by Gasteiger charge is -2.26. The van der Waals surface area contributed by atoms with Crippen molar-refractivity contribution in [1.82, 2.24) is 4.90 Å². The van der Waals surface area contributed by atoms with Gasteiger partial charge >= 0.3 is 0 Å². The summed E-state index contributed by atoms with van der Waals surface area (Å²) in [6.45, 7) is 0. The van der Waals surface area contributed by atoms with Gasteiger partial charge in [0.25, 0.3) is 0 Å². The summed E-state index contributed by atoms with van der Waals surface area (Å²) in [5, 5.41) is 0.835. The molecule has 18 heavy (non-hydrogen) atoms. The van der Waals surface area contributed by atoms with E-state index in [1.807, 2.05) is 30.3 Å². The van der Waals surface area contributed by atoms with Crippen molar-refractivity contribution in [3.8, 4) is 0 Å². The Morgan fingerprint density at radius 3 is 2.33 bits per heavy atom. The van der Waals surface area contributed by atoms with Crippen LogP contribution in [0.4, 0.5) is 0 Å². The molecule has 0 amide bonds. The Morgan fingerprint density at radius 1 is 1.28 bits per heavy atom.